The summed E-state index contributed by atoms with van der Waals surface area (Å²) in [7, 11) is 0. The Balaban J connectivity index is 1.65. The summed E-state index contributed by atoms with van der Waals surface area (Å²) in [4.78, 5) is 16.0. The van der Waals surface area contributed by atoms with Crippen LogP contribution in [-0.2, 0) is 11.2 Å². The van der Waals surface area contributed by atoms with E-state index < -0.39 is 0 Å². The number of amides is 1. The van der Waals surface area contributed by atoms with E-state index in [1.807, 2.05) is 36.5 Å². The van der Waals surface area contributed by atoms with Gasteiger partial charge in [0.05, 0.1) is 17.3 Å². The molecule has 0 radical (unpaired) electrons. The third-order valence-corrected chi connectivity index (χ3v) is 5.46. The van der Waals surface area contributed by atoms with Crippen LogP contribution >= 0.6 is 22.9 Å². The van der Waals surface area contributed by atoms with Crippen LogP contribution in [0.5, 0.6) is 0 Å². The topological polar surface area (TPSA) is 32.3 Å². The van der Waals surface area contributed by atoms with E-state index in [-0.39, 0.29) is 11.9 Å². The van der Waals surface area contributed by atoms with Crippen LogP contribution in [0.4, 0.5) is 5.69 Å². The monoisotopic (exact) mass is 334 g/mol. The quantitative estimate of drug-likeness (QED) is 0.909. The van der Waals surface area contributed by atoms with Crippen molar-refractivity contribution in [3.63, 3.8) is 0 Å². The normalized spacial score (nSPS) is 18.0. The molecular formula is C17H19ClN2OS. The lowest BCUT2D eigenvalue weighted by atomic mass is 10.0. The molecule has 1 aromatic heterocycles. The molecule has 116 valence electrons. The van der Waals surface area contributed by atoms with Gasteiger partial charge in [-0.05, 0) is 55.0 Å². The average Bonchev–Trinajstić information content (AvgIpc) is 2.94. The Hall–Kier alpha value is -1.36. The largest absolute Gasteiger partial charge is 0.324 e. The van der Waals surface area contributed by atoms with Crippen molar-refractivity contribution in [2.45, 2.75) is 26.3 Å². The first-order valence-electron chi connectivity index (χ1n) is 7.41. The standard InChI is InChI=1S/C17H19ClN2OS/c1-11-3-4-15(14(18)9-11)19-17(21)10-20-7-5-16-13(12(20)2)6-8-22-16/h3-4,6,8-9,12H,5,7,10H2,1-2H3,(H,19,21)/t12-/m1/s1. The lowest BCUT2D eigenvalue weighted by Crippen LogP contribution is -2.39. The maximum absolute atomic E-state index is 12.3. The fourth-order valence-corrected chi connectivity index (χ4v) is 4.12. The summed E-state index contributed by atoms with van der Waals surface area (Å²) < 4.78 is 0. The second kappa shape index (κ2) is 6.41. The highest BCUT2D eigenvalue weighted by molar-refractivity contribution is 7.10. The fraction of sp³-hybridized carbons (Fsp3) is 0.353. The van der Waals surface area contributed by atoms with E-state index in [1.54, 1.807) is 0 Å². The van der Waals surface area contributed by atoms with Gasteiger partial charge in [0.25, 0.3) is 0 Å². The predicted octanol–water partition coefficient (Wildman–Crippen LogP) is 4.27. The van der Waals surface area contributed by atoms with Gasteiger partial charge in [0.2, 0.25) is 5.91 Å². The lowest BCUT2D eigenvalue weighted by molar-refractivity contribution is -0.117. The molecular weight excluding hydrogens is 316 g/mol. The first-order valence-corrected chi connectivity index (χ1v) is 8.66. The van der Waals surface area contributed by atoms with E-state index >= 15 is 0 Å². The summed E-state index contributed by atoms with van der Waals surface area (Å²) in [6.07, 6.45) is 1.02. The van der Waals surface area contributed by atoms with Crippen molar-refractivity contribution in [1.29, 1.82) is 0 Å². The highest BCUT2D eigenvalue weighted by atomic mass is 35.5. The number of nitrogens with one attached hydrogen (secondary N) is 1. The molecule has 0 aliphatic carbocycles. The molecule has 5 heteroatoms. The molecule has 2 aromatic rings. The van der Waals surface area contributed by atoms with Gasteiger partial charge in [0.1, 0.15) is 0 Å². The van der Waals surface area contributed by atoms with Gasteiger partial charge in [-0.25, -0.2) is 0 Å². The summed E-state index contributed by atoms with van der Waals surface area (Å²) in [6.45, 7) is 5.45. The maximum Gasteiger partial charge on any atom is 0.238 e. The first-order chi connectivity index (χ1) is 10.5. The zero-order valence-electron chi connectivity index (χ0n) is 12.7. The van der Waals surface area contributed by atoms with Crippen LogP contribution < -0.4 is 5.32 Å². The minimum Gasteiger partial charge on any atom is -0.324 e. The molecule has 0 spiro atoms. The van der Waals surface area contributed by atoms with Gasteiger partial charge in [-0.3, -0.25) is 9.69 Å². The number of halogens is 1. The van der Waals surface area contributed by atoms with Crippen LogP contribution in [0.15, 0.2) is 29.6 Å². The van der Waals surface area contributed by atoms with Gasteiger partial charge < -0.3 is 5.32 Å². The summed E-state index contributed by atoms with van der Waals surface area (Å²) in [5.41, 5.74) is 3.12. The predicted molar refractivity (Wildman–Crippen MR) is 92.8 cm³/mol. The fourth-order valence-electron chi connectivity index (χ4n) is 2.87. The first kappa shape index (κ1) is 15.5. The van der Waals surface area contributed by atoms with Gasteiger partial charge in [-0.15, -0.1) is 11.3 Å². The smallest absolute Gasteiger partial charge is 0.238 e. The highest BCUT2D eigenvalue weighted by Gasteiger charge is 2.26. The molecule has 1 aliphatic rings. The lowest BCUT2D eigenvalue weighted by Gasteiger charge is -2.32. The molecule has 2 heterocycles. The summed E-state index contributed by atoms with van der Waals surface area (Å²) in [6, 6.07) is 8.12. The van der Waals surface area contributed by atoms with Crippen molar-refractivity contribution < 1.29 is 4.79 Å². The number of fused-ring (bicyclic) bond motifs is 1. The Bertz CT molecular complexity index is 698. The van der Waals surface area contributed by atoms with Crippen molar-refractivity contribution in [2.24, 2.45) is 0 Å². The van der Waals surface area contributed by atoms with Crippen LogP contribution in [0.1, 0.15) is 29.0 Å². The van der Waals surface area contributed by atoms with E-state index in [9.17, 15) is 4.79 Å². The molecule has 0 unspecified atom stereocenters. The van der Waals surface area contributed by atoms with Crippen molar-refractivity contribution in [3.8, 4) is 0 Å². The van der Waals surface area contributed by atoms with Crippen molar-refractivity contribution >= 4 is 34.5 Å². The van der Waals surface area contributed by atoms with Gasteiger partial charge in [-0.2, -0.15) is 0 Å². The molecule has 3 nitrogen and oxygen atoms in total. The summed E-state index contributed by atoms with van der Waals surface area (Å²) >= 11 is 7.98. The molecule has 0 saturated heterocycles. The molecule has 3 rings (SSSR count). The van der Waals surface area contributed by atoms with E-state index in [0.29, 0.717) is 17.3 Å². The average molecular weight is 335 g/mol. The van der Waals surface area contributed by atoms with Crippen LogP contribution in [0, 0.1) is 6.92 Å². The minimum absolute atomic E-state index is 0.0173. The number of hydrogen-bond donors (Lipinski definition) is 1. The molecule has 0 saturated carbocycles. The molecule has 1 atom stereocenters. The van der Waals surface area contributed by atoms with E-state index in [2.05, 4.69) is 28.6 Å². The Kier molecular flexibility index (Phi) is 4.52. The number of aryl methyl sites for hydroxylation is 1. The van der Waals surface area contributed by atoms with E-state index in [4.69, 9.17) is 11.6 Å². The maximum atomic E-state index is 12.3. The molecule has 1 aromatic carbocycles. The minimum atomic E-state index is -0.0173. The third-order valence-electron chi connectivity index (χ3n) is 4.15. The molecule has 1 amide bonds. The van der Waals surface area contributed by atoms with Crippen LogP contribution in [0.25, 0.3) is 0 Å². The van der Waals surface area contributed by atoms with Crippen LogP contribution in [0.2, 0.25) is 5.02 Å². The van der Waals surface area contributed by atoms with Gasteiger partial charge >= 0.3 is 0 Å². The number of rotatable bonds is 3. The van der Waals surface area contributed by atoms with E-state index in [0.717, 1.165) is 18.5 Å². The van der Waals surface area contributed by atoms with Gasteiger partial charge in [0.15, 0.2) is 0 Å². The number of nitrogens with zero attached hydrogens (tertiary/aromatic N) is 1. The number of carbonyl (C=O) groups is 1. The molecule has 1 aliphatic heterocycles. The molecule has 0 bridgehead atoms. The number of thiophene rings is 1. The summed E-state index contributed by atoms with van der Waals surface area (Å²) in [5, 5.41) is 5.63. The Morgan fingerprint density at radius 2 is 2.27 bits per heavy atom. The number of anilines is 1. The summed E-state index contributed by atoms with van der Waals surface area (Å²) in [5.74, 6) is -0.0173. The Morgan fingerprint density at radius 3 is 3.05 bits per heavy atom. The third kappa shape index (κ3) is 3.19. The van der Waals surface area contributed by atoms with Gasteiger partial charge in [0, 0.05) is 17.5 Å². The SMILES string of the molecule is Cc1ccc(NC(=O)CN2CCc3sccc3[C@H]2C)c(Cl)c1. The van der Waals surface area contributed by atoms with Crippen LogP contribution in [0.3, 0.4) is 0 Å². The van der Waals surface area contributed by atoms with Crippen molar-refractivity contribution in [2.75, 3.05) is 18.4 Å². The van der Waals surface area contributed by atoms with E-state index in [1.165, 1.54) is 10.4 Å². The zero-order chi connectivity index (χ0) is 15.7. The Labute approximate surface area is 139 Å². The Morgan fingerprint density at radius 1 is 1.45 bits per heavy atom. The second-order valence-electron chi connectivity index (χ2n) is 5.73. The number of hydrogen-bond acceptors (Lipinski definition) is 3. The molecule has 0 fully saturated rings. The molecule has 22 heavy (non-hydrogen) atoms. The second-order valence-corrected chi connectivity index (χ2v) is 7.13. The molecule has 1 N–H and O–H groups in total. The zero-order valence-corrected chi connectivity index (χ0v) is 14.3. The number of carbonyl (C=O) groups excluding carboxylic acids is 1. The number of benzene rings is 1. The van der Waals surface area contributed by atoms with Crippen molar-refractivity contribution in [3.05, 3.63) is 50.7 Å². The van der Waals surface area contributed by atoms with Crippen molar-refractivity contribution in [1.82, 2.24) is 4.90 Å². The highest BCUT2D eigenvalue weighted by Crippen LogP contribution is 2.32. The van der Waals surface area contributed by atoms with Gasteiger partial charge in [-0.1, -0.05) is 17.7 Å². The van der Waals surface area contributed by atoms with Crippen LogP contribution in [-0.4, -0.2) is 23.9 Å².